The molecule has 1 aromatic heterocycles. The van der Waals surface area contributed by atoms with Gasteiger partial charge in [-0.25, -0.2) is 14.9 Å². The summed E-state index contributed by atoms with van der Waals surface area (Å²) in [6, 6.07) is 0. The van der Waals surface area contributed by atoms with Crippen molar-refractivity contribution in [1.82, 2.24) is 19.7 Å². The zero-order valence-corrected chi connectivity index (χ0v) is 32.7. The van der Waals surface area contributed by atoms with Crippen molar-refractivity contribution in [3.63, 3.8) is 0 Å². The Balaban J connectivity index is 2.02. The van der Waals surface area contributed by atoms with Crippen molar-refractivity contribution >= 4 is 23.7 Å². The average molecular weight is 685 g/mol. The second-order valence-corrected chi connectivity index (χ2v) is 14.1. The van der Waals surface area contributed by atoms with Gasteiger partial charge in [0.15, 0.2) is 11.4 Å². The third-order valence-electron chi connectivity index (χ3n) is 11.9. The summed E-state index contributed by atoms with van der Waals surface area (Å²) < 4.78 is 2.17. The number of fused-ring (bicyclic) bond motifs is 3. The van der Waals surface area contributed by atoms with Gasteiger partial charge in [0.1, 0.15) is 23.3 Å². The molecule has 4 aliphatic heterocycles. The maximum atomic E-state index is 5.96. The minimum absolute atomic E-state index is 0.192. The summed E-state index contributed by atoms with van der Waals surface area (Å²) in [5.74, 6) is -0.0397. The summed E-state index contributed by atoms with van der Waals surface area (Å²) in [7, 11) is 4.27. The Morgan fingerprint density at radius 1 is 0.980 bits per heavy atom. The van der Waals surface area contributed by atoms with Crippen molar-refractivity contribution in [1.29, 1.82) is 0 Å². The Kier molecular flexibility index (Phi) is 9.72. The lowest BCUT2D eigenvalue weighted by molar-refractivity contribution is -0.143. The molecular weight excluding hydrogens is 629 g/mol. The van der Waals surface area contributed by atoms with Crippen molar-refractivity contribution in [2.24, 2.45) is 38.9 Å². The highest BCUT2D eigenvalue weighted by molar-refractivity contribution is 6.14. The van der Waals surface area contributed by atoms with Gasteiger partial charge in [-0.3, -0.25) is 15.3 Å². The quantitative estimate of drug-likeness (QED) is 0.418. The van der Waals surface area contributed by atoms with Crippen molar-refractivity contribution in [2.75, 3.05) is 7.05 Å². The van der Waals surface area contributed by atoms with Crippen LogP contribution in [0.2, 0.25) is 0 Å². The van der Waals surface area contributed by atoms with Crippen molar-refractivity contribution in [3.05, 3.63) is 116 Å². The number of hydrogen-bond donors (Lipinski definition) is 1. The van der Waals surface area contributed by atoms with Gasteiger partial charge < -0.3 is 9.47 Å². The molecule has 6 rings (SSSR count). The van der Waals surface area contributed by atoms with Crippen molar-refractivity contribution in [3.8, 4) is 0 Å². The van der Waals surface area contributed by atoms with E-state index >= 15 is 0 Å². The number of aliphatic imine (C=N–C) groups is 2. The van der Waals surface area contributed by atoms with Crippen LogP contribution in [0.25, 0.3) is 12.2 Å². The van der Waals surface area contributed by atoms with Crippen LogP contribution in [0.15, 0.2) is 115 Å². The minimum Gasteiger partial charge on any atom is -0.332 e. The molecular formula is C43H56N8. The first-order valence-electron chi connectivity index (χ1n) is 18.5. The van der Waals surface area contributed by atoms with Gasteiger partial charge in [0.2, 0.25) is 0 Å². The van der Waals surface area contributed by atoms with Crippen LogP contribution in [0.3, 0.4) is 0 Å². The van der Waals surface area contributed by atoms with Gasteiger partial charge in [-0.05, 0) is 107 Å². The first kappa shape index (κ1) is 36.4. The molecule has 268 valence electrons. The standard InChI is InChI=1S/C43H56N8/c1-14-22-29-25-35-31(18-5)32(19-6)37-36(35)43-47-38(30(29)17-4)46-40-33(20-7)34(21-8)41(49(40)12)48-42(23-24-44-37,27(10)16-3)51(43)39(26(9)15-2)45-28(11)50(43)13/h14,16-26,36,38-39,47H,1,15H2,2-13H3/b24-23?,27-16+,29-22-,30-17+,31-18?,32-19+,33-20+,34-21+,35-25?,44-37?,46-40?,48-41?. The molecule has 51 heavy (non-hydrogen) atoms. The molecule has 6 unspecified atom stereocenters. The average Bonchev–Trinajstić information content (AvgIpc) is 3.55. The van der Waals surface area contributed by atoms with E-state index < -0.39 is 17.6 Å². The number of nitrogens with zero attached hydrogens (tertiary/aromatic N) is 7. The van der Waals surface area contributed by atoms with Gasteiger partial charge in [-0.15, -0.1) is 0 Å². The molecule has 1 aliphatic carbocycles. The summed E-state index contributed by atoms with van der Waals surface area (Å²) in [6.07, 6.45) is 24.0. The van der Waals surface area contributed by atoms with Crippen LogP contribution in [0.5, 0.6) is 0 Å². The van der Waals surface area contributed by atoms with Gasteiger partial charge in [-0.2, -0.15) is 0 Å². The first-order chi connectivity index (χ1) is 24.5. The predicted octanol–water partition coefficient (Wildman–Crippen LogP) is 5.64. The Morgan fingerprint density at radius 2 is 1.67 bits per heavy atom. The molecule has 5 heterocycles. The number of aromatic nitrogens is 1. The fourth-order valence-corrected chi connectivity index (χ4v) is 8.92. The normalized spacial score (nSPS) is 33.6. The van der Waals surface area contributed by atoms with Crippen LogP contribution in [-0.4, -0.2) is 56.7 Å². The number of nitrogens with one attached hydrogen (secondary N) is 1. The smallest absolute Gasteiger partial charge is 0.168 e. The molecule has 0 aromatic carbocycles. The zero-order chi connectivity index (χ0) is 37.0. The second-order valence-electron chi connectivity index (χ2n) is 14.1. The number of allylic oxidation sites excluding steroid dienone is 9. The Bertz CT molecular complexity index is 2190. The topological polar surface area (TPSA) is 72.9 Å². The molecule has 1 fully saturated rings. The monoisotopic (exact) mass is 684 g/mol. The third kappa shape index (κ3) is 5.01. The third-order valence-corrected chi connectivity index (χ3v) is 11.9. The molecule has 6 atom stereocenters. The van der Waals surface area contributed by atoms with Crippen LogP contribution < -0.4 is 26.7 Å². The number of rotatable bonds is 4. The molecule has 0 amide bonds. The molecule has 1 N–H and O–H groups in total. The lowest BCUT2D eigenvalue weighted by Crippen LogP contribution is -2.83. The molecule has 1 spiro atoms. The van der Waals surface area contributed by atoms with Crippen LogP contribution in [-0.2, 0) is 7.05 Å². The van der Waals surface area contributed by atoms with Gasteiger partial charge >= 0.3 is 0 Å². The summed E-state index contributed by atoms with van der Waals surface area (Å²) in [6.45, 7) is 25.8. The van der Waals surface area contributed by atoms with Crippen LogP contribution in [0.1, 0.15) is 75.7 Å². The van der Waals surface area contributed by atoms with Crippen molar-refractivity contribution in [2.45, 2.75) is 99.4 Å². The molecule has 5 bridgehead atoms. The summed E-state index contributed by atoms with van der Waals surface area (Å²) in [5.41, 5.74) is 8.52. The van der Waals surface area contributed by atoms with Crippen LogP contribution in [0, 0.1) is 11.8 Å². The van der Waals surface area contributed by atoms with Gasteiger partial charge in [0.25, 0.3) is 0 Å². The van der Waals surface area contributed by atoms with E-state index in [4.69, 9.17) is 20.0 Å². The SMILES string of the molecule is C=C/C=C1/C=C2C(=CC)/C(=C\C)C3=NC=CC4(/C(C)=C/C)N=c5c(=C/C)/c(=C\C)c(n5C)=NC(NC5(C23)N(C)C(C)=NC(C(C)CC)N45)/C1=C/C. The molecule has 8 nitrogen and oxygen atoms in total. The summed E-state index contributed by atoms with van der Waals surface area (Å²) in [5, 5.41) is 6.48. The maximum Gasteiger partial charge on any atom is 0.168 e. The Morgan fingerprint density at radius 3 is 2.25 bits per heavy atom. The predicted molar refractivity (Wildman–Crippen MR) is 213 cm³/mol. The van der Waals surface area contributed by atoms with E-state index in [1.165, 1.54) is 11.1 Å². The molecule has 1 saturated carbocycles. The zero-order valence-electron chi connectivity index (χ0n) is 32.7. The molecule has 1 aromatic rings. The lowest BCUT2D eigenvalue weighted by atomic mass is 9.79. The fraction of sp³-hybridized carbons (Fsp3) is 0.442. The lowest BCUT2D eigenvalue weighted by Gasteiger charge is -2.64. The maximum absolute atomic E-state index is 5.96. The van der Waals surface area contributed by atoms with E-state index in [0.717, 1.165) is 61.7 Å². The van der Waals surface area contributed by atoms with E-state index in [1.54, 1.807) is 0 Å². The number of amidine groups is 1. The molecule has 0 saturated heterocycles. The van der Waals surface area contributed by atoms with E-state index in [0.29, 0.717) is 0 Å². The second kappa shape index (κ2) is 13.6. The molecule has 0 radical (unpaired) electrons. The van der Waals surface area contributed by atoms with Crippen LogP contribution >= 0.6 is 0 Å². The summed E-state index contributed by atoms with van der Waals surface area (Å²) in [4.78, 5) is 27.6. The van der Waals surface area contributed by atoms with Gasteiger partial charge in [0, 0.05) is 30.7 Å². The highest BCUT2D eigenvalue weighted by atomic mass is 15.6. The van der Waals surface area contributed by atoms with Crippen molar-refractivity contribution < 1.29 is 0 Å². The molecule has 5 aliphatic rings. The van der Waals surface area contributed by atoms with Crippen LogP contribution in [0.4, 0.5) is 0 Å². The van der Waals surface area contributed by atoms with Gasteiger partial charge in [0.05, 0.1) is 17.5 Å². The highest BCUT2D eigenvalue weighted by Gasteiger charge is 2.65. The Hall–Kier alpha value is -4.40. The van der Waals surface area contributed by atoms with E-state index in [1.807, 2.05) is 12.3 Å². The number of hydrogen-bond acceptors (Lipinski definition) is 7. The largest absolute Gasteiger partial charge is 0.332 e. The molecule has 8 heteroatoms. The fourth-order valence-electron chi connectivity index (χ4n) is 8.92. The van der Waals surface area contributed by atoms with E-state index in [2.05, 4.69) is 164 Å². The van der Waals surface area contributed by atoms with E-state index in [-0.39, 0.29) is 18.0 Å². The first-order valence-corrected chi connectivity index (χ1v) is 18.5. The highest BCUT2D eigenvalue weighted by Crippen LogP contribution is 2.54. The van der Waals surface area contributed by atoms with Gasteiger partial charge in [-0.1, -0.05) is 75.5 Å². The summed E-state index contributed by atoms with van der Waals surface area (Å²) >= 11 is 0. The van der Waals surface area contributed by atoms with E-state index in [9.17, 15) is 0 Å². The Labute approximate surface area is 304 Å². The minimum atomic E-state index is -0.994.